The first-order valence-electron chi connectivity index (χ1n) is 4.86. The van der Waals surface area contributed by atoms with Crippen molar-refractivity contribution in [2.45, 2.75) is 38.4 Å². The second-order valence-electron chi connectivity index (χ2n) is 3.72. The summed E-state index contributed by atoms with van der Waals surface area (Å²) in [6.07, 6.45) is 1.04. The fraction of sp³-hybridized carbons (Fsp3) is 0.636. The van der Waals surface area contributed by atoms with Gasteiger partial charge in [-0.05, 0) is 35.7 Å². The normalized spacial score (nSPS) is 17.7. The van der Waals surface area contributed by atoms with E-state index in [9.17, 15) is 5.11 Å². The van der Waals surface area contributed by atoms with Gasteiger partial charge >= 0.3 is 0 Å². The zero-order chi connectivity index (χ0) is 10.6. The lowest BCUT2D eigenvalue weighted by atomic mass is 9.91. The molecule has 1 aromatic rings. The van der Waals surface area contributed by atoms with Crippen LogP contribution in [-0.2, 0) is 11.2 Å². The summed E-state index contributed by atoms with van der Waals surface area (Å²) < 4.78 is 5.35. The van der Waals surface area contributed by atoms with Gasteiger partial charge in [0.05, 0.1) is 11.7 Å². The number of aliphatic hydroxyl groups is 1. The van der Waals surface area contributed by atoms with Gasteiger partial charge in [-0.15, -0.1) is 0 Å². The van der Waals surface area contributed by atoms with Crippen molar-refractivity contribution in [3.05, 3.63) is 22.4 Å². The molecule has 1 N–H and O–H groups in total. The molecule has 0 aliphatic carbocycles. The second-order valence-corrected chi connectivity index (χ2v) is 4.50. The molecular formula is C11H18O2S. The van der Waals surface area contributed by atoms with Crippen LogP contribution in [-0.4, -0.2) is 23.9 Å². The van der Waals surface area contributed by atoms with Gasteiger partial charge in [-0.1, -0.05) is 6.92 Å². The molecule has 0 amide bonds. The van der Waals surface area contributed by atoms with Gasteiger partial charge in [-0.3, -0.25) is 0 Å². The van der Waals surface area contributed by atoms with Crippen molar-refractivity contribution in [1.82, 2.24) is 0 Å². The fourth-order valence-electron chi connectivity index (χ4n) is 1.36. The number of aliphatic hydroxyl groups excluding tert-OH is 1. The zero-order valence-corrected chi connectivity index (χ0v) is 9.80. The Balaban J connectivity index is 2.60. The maximum Gasteiger partial charge on any atom is 0.0909 e. The summed E-state index contributed by atoms with van der Waals surface area (Å²) in [6, 6.07) is 2.04. The Labute approximate surface area is 89.5 Å². The van der Waals surface area contributed by atoms with Crippen LogP contribution < -0.4 is 0 Å². The Bertz CT molecular complexity index is 252. The topological polar surface area (TPSA) is 29.5 Å². The molecule has 80 valence electrons. The molecular weight excluding hydrogens is 196 g/mol. The van der Waals surface area contributed by atoms with Gasteiger partial charge in [0.1, 0.15) is 0 Å². The monoisotopic (exact) mass is 214 g/mol. The lowest BCUT2D eigenvalue weighted by Crippen LogP contribution is -2.41. The van der Waals surface area contributed by atoms with Gasteiger partial charge in [0, 0.05) is 13.5 Å². The van der Waals surface area contributed by atoms with Crippen molar-refractivity contribution in [3.8, 4) is 0 Å². The lowest BCUT2D eigenvalue weighted by molar-refractivity contribution is -0.0914. The highest BCUT2D eigenvalue weighted by Gasteiger charge is 2.30. The van der Waals surface area contributed by atoms with Gasteiger partial charge in [0.25, 0.3) is 0 Å². The second kappa shape index (κ2) is 4.91. The molecule has 2 nitrogen and oxygen atoms in total. The standard InChI is InChI=1S/C11H18O2S/c1-4-11(2,13-3)10(12)7-9-5-6-14-8-9/h5-6,8,10,12H,4,7H2,1-3H3. The van der Waals surface area contributed by atoms with Crippen molar-refractivity contribution in [2.24, 2.45) is 0 Å². The van der Waals surface area contributed by atoms with Gasteiger partial charge in [0.2, 0.25) is 0 Å². The van der Waals surface area contributed by atoms with E-state index in [1.165, 1.54) is 5.56 Å². The molecule has 1 aromatic heterocycles. The molecule has 0 spiro atoms. The predicted octanol–water partition coefficient (Wildman–Crippen LogP) is 2.47. The number of rotatable bonds is 5. The first kappa shape index (κ1) is 11.7. The van der Waals surface area contributed by atoms with Crippen molar-refractivity contribution in [2.75, 3.05) is 7.11 Å². The SMILES string of the molecule is CCC(C)(OC)C(O)Cc1ccsc1. The van der Waals surface area contributed by atoms with E-state index >= 15 is 0 Å². The Morgan fingerprint density at radius 3 is 2.79 bits per heavy atom. The number of hydrogen-bond acceptors (Lipinski definition) is 3. The van der Waals surface area contributed by atoms with E-state index in [4.69, 9.17) is 4.74 Å². The third-order valence-electron chi connectivity index (χ3n) is 2.88. The summed E-state index contributed by atoms with van der Waals surface area (Å²) in [6.45, 7) is 3.98. The summed E-state index contributed by atoms with van der Waals surface area (Å²) in [4.78, 5) is 0. The maximum absolute atomic E-state index is 10.0. The molecule has 0 saturated heterocycles. The van der Waals surface area contributed by atoms with E-state index in [0.29, 0.717) is 6.42 Å². The molecule has 2 atom stereocenters. The number of thiophene rings is 1. The van der Waals surface area contributed by atoms with E-state index in [1.54, 1.807) is 18.4 Å². The molecule has 1 heterocycles. The Morgan fingerprint density at radius 2 is 2.36 bits per heavy atom. The van der Waals surface area contributed by atoms with Crippen LogP contribution in [0.15, 0.2) is 16.8 Å². The molecule has 0 radical (unpaired) electrons. The third kappa shape index (κ3) is 2.56. The van der Waals surface area contributed by atoms with Crippen LogP contribution in [0.25, 0.3) is 0 Å². The van der Waals surface area contributed by atoms with Crippen LogP contribution in [0.1, 0.15) is 25.8 Å². The molecule has 0 aromatic carbocycles. The molecule has 0 fully saturated rings. The van der Waals surface area contributed by atoms with E-state index < -0.39 is 11.7 Å². The van der Waals surface area contributed by atoms with Gasteiger partial charge in [-0.25, -0.2) is 0 Å². The highest BCUT2D eigenvalue weighted by atomic mass is 32.1. The smallest absolute Gasteiger partial charge is 0.0909 e. The molecule has 0 aliphatic rings. The summed E-state index contributed by atoms with van der Waals surface area (Å²) in [5, 5.41) is 14.1. The summed E-state index contributed by atoms with van der Waals surface area (Å²) in [5.74, 6) is 0. The van der Waals surface area contributed by atoms with E-state index in [2.05, 4.69) is 5.38 Å². The maximum atomic E-state index is 10.0. The van der Waals surface area contributed by atoms with Gasteiger partial charge in [-0.2, -0.15) is 11.3 Å². The van der Waals surface area contributed by atoms with E-state index in [0.717, 1.165) is 6.42 Å². The summed E-state index contributed by atoms with van der Waals surface area (Å²) in [5.41, 5.74) is 0.751. The minimum atomic E-state index is -0.438. The molecule has 0 aliphatic heterocycles. The van der Waals surface area contributed by atoms with Crippen LogP contribution in [0.5, 0.6) is 0 Å². The number of methoxy groups -OCH3 is 1. The zero-order valence-electron chi connectivity index (χ0n) is 8.99. The average molecular weight is 214 g/mol. The van der Waals surface area contributed by atoms with Crippen LogP contribution in [0.2, 0.25) is 0 Å². The van der Waals surface area contributed by atoms with Crippen molar-refractivity contribution >= 4 is 11.3 Å². The van der Waals surface area contributed by atoms with Crippen molar-refractivity contribution in [1.29, 1.82) is 0 Å². The highest BCUT2D eigenvalue weighted by Crippen LogP contribution is 2.22. The number of ether oxygens (including phenoxy) is 1. The molecule has 1 rings (SSSR count). The minimum absolute atomic E-state index is 0.429. The van der Waals surface area contributed by atoms with Crippen LogP contribution in [0.4, 0.5) is 0 Å². The molecule has 0 bridgehead atoms. The van der Waals surface area contributed by atoms with Crippen LogP contribution in [0, 0.1) is 0 Å². The quantitative estimate of drug-likeness (QED) is 0.816. The van der Waals surface area contributed by atoms with Gasteiger partial charge in [0.15, 0.2) is 0 Å². The van der Waals surface area contributed by atoms with Crippen molar-refractivity contribution in [3.63, 3.8) is 0 Å². The summed E-state index contributed by atoms with van der Waals surface area (Å²) >= 11 is 1.66. The Morgan fingerprint density at radius 1 is 1.64 bits per heavy atom. The fourth-order valence-corrected chi connectivity index (χ4v) is 2.05. The van der Waals surface area contributed by atoms with Gasteiger partial charge < -0.3 is 9.84 Å². The largest absolute Gasteiger partial charge is 0.390 e. The van der Waals surface area contributed by atoms with Crippen molar-refractivity contribution < 1.29 is 9.84 Å². The molecule has 0 saturated carbocycles. The first-order valence-corrected chi connectivity index (χ1v) is 5.81. The summed E-state index contributed by atoms with van der Waals surface area (Å²) in [7, 11) is 1.65. The minimum Gasteiger partial charge on any atom is -0.390 e. The van der Waals surface area contributed by atoms with Crippen LogP contribution in [0.3, 0.4) is 0 Å². The van der Waals surface area contributed by atoms with E-state index in [1.807, 2.05) is 25.3 Å². The Kier molecular flexibility index (Phi) is 4.11. The van der Waals surface area contributed by atoms with Crippen LogP contribution >= 0.6 is 11.3 Å². The highest BCUT2D eigenvalue weighted by molar-refractivity contribution is 7.07. The molecule has 14 heavy (non-hydrogen) atoms. The molecule has 3 heteroatoms. The lowest BCUT2D eigenvalue weighted by Gasteiger charge is -2.32. The molecule has 2 unspecified atom stereocenters. The first-order chi connectivity index (χ1) is 6.62. The average Bonchev–Trinajstić information content (AvgIpc) is 2.69. The van der Waals surface area contributed by atoms with E-state index in [-0.39, 0.29) is 0 Å². The number of hydrogen-bond donors (Lipinski definition) is 1. The predicted molar refractivity (Wildman–Crippen MR) is 59.7 cm³/mol. The Hall–Kier alpha value is -0.380. The third-order valence-corrected chi connectivity index (χ3v) is 3.61.